The van der Waals surface area contributed by atoms with Gasteiger partial charge in [-0.05, 0) is 0 Å². The van der Waals surface area contributed by atoms with Crippen molar-refractivity contribution in [2.24, 2.45) is 10.5 Å². The third kappa shape index (κ3) is 5.46. The Morgan fingerprint density at radius 1 is 1.56 bits per heavy atom. The van der Waals surface area contributed by atoms with Gasteiger partial charge >= 0.3 is 0 Å². The largest absolute Gasteiger partial charge is 0.606 e. The highest BCUT2D eigenvalue weighted by molar-refractivity contribution is 5.20. The maximum absolute atomic E-state index is 10.6. The second-order valence-corrected chi connectivity index (χ2v) is 3.29. The fraction of sp³-hybridized carbons (Fsp3) is 0.833. The molecule has 0 bridgehead atoms. The molecule has 0 saturated heterocycles. The normalized spacial score (nSPS) is 15.1. The minimum Gasteiger partial charge on any atom is -0.606 e. The predicted octanol–water partition coefficient (Wildman–Crippen LogP) is 0.0308. The van der Waals surface area contributed by atoms with Crippen LogP contribution in [0.3, 0.4) is 0 Å². The Labute approximate surface area is 55.9 Å². The Balaban J connectivity index is 3.59. The van der Waals surface area contributed by atoms with Crippen LogP contribution >= 0.6 is 0 Å². The summed E-state index contributed by atoms with van der Waals surface area (Å²) in [6.45, 7) is 9.62. The smallest absolute Gasteiger partial charge is 0.106 e. The van der Waals surface area contributed by atoms with Crippen LogP contribution < -0.4 is 5.17 Å². The molecule has 0 aromatic carbocycles. The van der Waals surface area contributed by atoms with Crippen molar-refractivity contribution >= 4 is 6.72 Å². The van der Waals surface area contributed by atoms with Gasteiger partial charge in [0.25, 0.3) is 0 Å². The first-order valence-corrected chi connectivity index (χ1v) is 2.95. The van der Waals surface area contributed by atoms with E-state index in [0.717, 1.165) is 0 Å². The summed E-state index contributed by atoms with van der Waals surface area (Å²) < 4.78 is 0. The van der Waals surface area contributed by atoms with Crippen molar-refractivity contribution in [1.29, 1.82) is 0 Å². The summed E-state index contributed by atoms with van der Waals surface area (Å²) in [7, 11) is 0. The molecule has 0 spiro atoms. The van der Waals surface area contributed by atoms with Crippen LogP contribution in [0.15, 0.2) is 5.10 Å². The van der Waals surface area contributed by atoms with E-state index in [0.29, 0.717) is 6.54 Å². The Kier molecular flexibility index (Phi) is 2.81. The van der Waals surface area contributed by atoms with E-state index in [-0.39, 0.29) is 10.6 Å². The van der Waals surface area contributed by atoms with E-state index >= 15 is 0 Å². The highest BCUT2D eigenvalue weighted by Crippen LogP contribution is 2.08. The lowest BCUT2D eigenvalue weighted by Gasteiger charge is -2.23. The molecule has 0 heterocycles. The molecule has 0 amide bonds. The summed E-state index contributed by atoms with van der Waals surface area (Å²) in [5.41, 5.74) is 0.0400. The number of quaternary nitrogens is 1. The van der Waals surface area contributed by atoms with Crippen molar-refractivity contribution in [2.45, 2.75) is 20.8 Å². The second-order valence-electron chi connectivity index (χ2n) is 3.29. The molecule has 54 valence electrons. The lowest BCUT2D eigenvalue weighted by atomic mass is 9.97. The van der Waals surface area contributed by atoms with E-state index in [1.807, 2.05) is 20.8 Å². The monoisotopic (exact) mass is 130 g/mol. The molecule has 1 unspecified atom stereocenters. The summed E-state index contributed by atoms with van der Waals surface area (Å²) in [4.78, 5) is 0. The minimum absolute atomic E-state index is 0.0400. The number of rotatable bonds is 2. The number of nitrogens with zero attached hydrogens (tertiary/aromatic N) is 1. The molecular formula is C6H14N2O. The SMILES string of the molecule is C=N[NH+]([O-])CC(C)(C)C. The molecule has 3 heteroatoms. The number of nitrogens with one attached hydrogen (secondary N) is 1. The Hall–Kier alpha value is -0.410. The zero-order chi connectivity index (χ0) is 7.49. The molecule has 0 aliphatic heterocycles. The molecule has 0 aromatic heterocycles. The van der Waals surface area contributed by atoms with Crippen LogP contribution in [0, 0.1) is 10.6 Å². The van der Waals surface area contributed by atoms with Crippen LogP contribution in [0.25, 0.3) is 0 Å². The van der Waals surface area contributed by atoms with Crippen molar-refractivity contribution in [3.05, 3.63) is 5.21 Å². The van der Waals surface area contributed by atoms with Crippen molar-refractivity contribution in [3.8, 4) is 0 Å². The number of hydroxylamine groups is 1. The Morgan fingerprint density at radius 2 is 2.00 bits per heavy atom. The van der Waals surface area contributed by atoms with E-state index in [1.165, 1.54) is 0 Å². The molecule has 1 atom stereocenters. The summed E-state index contributed by atoms with van der Waals surface area (Å²) in [5, 5.41) is 13.8. The molecule has 3 nitrogen and oxygen atoms in total. The van der Waals surface area contributed by atoms with Gasteiger partial charge in [-0.2, -0.15) is 0 Å². The highest BCUT2D eigenvalue weighted by atomic mass is 16.5. The third-order valence-corrected chi connectivity index (χ3v) is 0.858. The van der Waals surface area contributed by atoms with E-state index in [4.69, 9.17) is 0 Å². The minimum atomic E-state index is -0.123. The second kappa shape index (κ2) is 2.94. The third-order valence-electron chi connectivity index (χ3n) is 0.858. The van der Waals surface area contributed by atoms with Gasteiger partial charge < -0.3 is 5.21 Å². The van der Waals surface area contributed by atoms with Crippen LogP contribution in [0.1, 0.15) is 20.8 Å². The molecule has 0 radical (unpaired) electrons. The molecule has 1 N–H and O–H groups in total. The maximum Gasteiger partial charge on any atom is 0.106 e. The van der Waals surface area contributed by atoms with Crippen molar-refractivity contribution in [1.82, 2.24) is 0 Å². The Morgan fingerprint density at radius 3 is 2.11 bits per heavy atom. The molecule has 0 aliphatic rings. The summed E-state index contributed by atoms with van der Waals surface area (Å²) in [6.07, 6.45) is 0. The number of hydrogen-bond donors (Lipinski definition) is 1. The molecular weight excluding hydrogens is 116 g/mol. The van der Waals surface area contributed by atoms with Gasteiger partial charge in [-0.1, -0.05) is 25.9 Å². The van der Waals surface area contributed by atoms with Gasteiger partial charge in [0.15, 0.2) is 0 Å². The van der Waals surface area contributed by atoms with Crippen LogP contribution in [0.2, 0.25) is 0 Å². The van der Waals surface area contributed by atoms with Crippen LogP contribution in [-0.4, -0.2) is 13.3 Å². The first-order chi connectivity index (χ1) is 3.95. The lowest BCUT2D eigenvalue weighted by molar-refractivity contribution is -0.861. The first kappa shape index (κ1) is 8.59. The van der Waals surface area contributed by atoms with E-state index < -0.39 is 0 Å². The van der Waals surface area contributed by atoms with Gasteiger partial charge in [-0.15, -0.1) is 0 Å². The van der Waals surface area contributed by atoms with E-state index in [2.05, 4.69) is 11.8 Å². The predicted molar refractivity (Wildman–Crippen MR) is 38.2 cm³/mol. The summed E-state index contributed by atoms with van der Waals surface area (Å²) in [6, 6.07) is 0. The quantitative estimate of drug-likeness (QED) is 0.416. The zero-order valence-corrected chi connectivity index (χ0v) is 6.27. The Bertz CT molecular complexity index is 95.7. The fourth-order valence-electron chi connectivity index (χ4n) is 0.510. The van der Waals surface area contributed by atoms with Crippen LogP contribution in [0.5, 0.6) is 0 Å². The van der Waals surface area contributed by atoms with Gasteiger partial charge in [0.05, 0.1) is 0 Å². The van der Waals surface area contributed by atoms with Gasteiger partial charge in [0.1, 0.15) is 6.54 Å². The fourth-order valence-corrected chi connectivity index (χ4v) is 0.510. The van der Waals surface area contributed by atoms with Gasteiger partial charge in [-0.3, -0.25) is 0 Å². The molecule has 9 heavy (non-hydrogen) atoms. The van der Waals surface area contributed by atoms with Crippen molar-refractivity contribution < 1.29 is 5.17 Å². The van der Waals surface area contributed by atoms with Crippen LogP contribution in [-0.2, 0) is 0 Å². The molecule has 0 rings (SSSR count). The van der Waals surface area contributed by atoms with Gasteiger partial charge in [0.2, 0.25) is 0 Å². The van der Waals surface area contributed by atoms with Crippen molar-refractivity contribution in [2.75, 3.05) is 6.54 Å². The first-order valence-electron chi connectivity index (χ1n) is 2.95. The van der Waals surface area contributed by atoms with E-state index in [9.17, 15) is 5.21 Å². The highest BCUT2D eigenvalue weighted by Gasteiger charge is 2.13. The molecule has 0 fully saturated rings. The maximum atomic E-state index is 10.6. The number of hydrogen-bond acceptors (Lipinski definition) is 2. The topological polar surface area (TPSA) is 39.9 Å². The van der Waals surface area contributed by atoms with E-state index in [1.54, 1.807) is 0 Å². The standard InChI is InChI=1S/C6H14N2O/c1-6(2,3)5-8(9)7-4/h8H,4-5H2,1-3H3. The zero-order valence-electron chi connectivity index (χ0n) is 6.27. The summed E-state index contributed by atoms with van der Waals surface area (Å²) in [5.74, 6) is 0. The van der Waals surface area contributed by atoms with Gasteiger partial charge in [0, 0.05) is 12.1 Å². The molecule has 0 aliphatic carbocycles. The summed E-state index contributed by atoms with van der Waals surface area (Å²) >= 11 is 0. The van der Waals surface area contributed by atoms with Gasteiger partial charge in [-0.25, -0.2) is 5.17 Å². The molecule has 0 aromatic rings. The average Bonchev–Trinajstić information content (AvgIpc) is 1.62. The average molecular weight is 130 g/mol. The molecule has 0 saturated carbocycles. The lowest BCUT2D eigenvalue weighted by Crippen LogP contribution is -3.03. The van der Waals surface area contributed by atoms with Crippen molar-refractivity contribution in [3.63, 3.8) is 0 Å². The van der Waals surface area contributed by atoms with Crippen LogP contribution in [0.4, 0.5) is 0 Å².